The third-order valence-corrected chi connectivity index (χ3v) is 13.9. The first-order chi connectivity index (χ1) is 28.4. The fraction of sp³-hybridized carbons (Fsp3) is 0.0200. The summed E-state index contributed by atoms with van der Waals surface area (Å²) in [5, 5.41) is 19.4. The van der Waals surface area contributed by atoms with E-state index < -0.39 is 11.7 Å². The Kier molecular flexibility index (Phi) is 6.90. The maximum absolute atomic E-state index is 15.2. The van der Waals surface area contributed by atoms with Gasteiger partial charge in [-0.1, -0.05) is 103 Å². The molecule has 4 heterocycles. The fourth-order valence-electron chi connectivity index (χ4n) is 9.25. The summed E-state index contributed by atoms with van der Waals surface area (Å²) < 4.78 is 54.3. The second-order valence-electron chi connectivity index (χ2n) is 14.6. The second-order valence-corrected chi connectivity index (χ2v) is 16.8. The predicted octanol–water partition coefficient (Wildman–Crippen LogP) is 15.2. The van der Waals surface area contributed by atoms with Gasteiger partial charge in [0.1, 0.15) is 6.07 Å². The zero-order chi connectivity index (χ0) is 38.9. The predicted molar refractivity (Wildman–Crippen MR) is 236 cm³/mol. The number of rotatable bonds is 3. The van der Waals surface area contributed by atoms with Crippen LogP contribution < -0.4 is 0 Å². The molecule has 0 spiro atoms. The molecule has 274 valence electrons. The van der Waals surface area contributed by atoms with Crippen LogP contribution in [0.5, 0.6) is 0 Å². The van der Waals surface area contributed by atoms with Crippen LogP contribution in [0, 0.1) is 11.3 Å². The first-order valence-electron chi connectivity index (χ1n) is 18.8. The van der Waals surface area contributed by atoms with E-state index in [1.54, 1.807) is 34.8 Å². The van der Waals surface area contributed by atoms with Gasteiger partial charge in [0.25, 0.3) is 0 Å². The molecule has 0 aliphatic heterocycles. The minimum atomic E-state index is -4.64. The normalized spacial score (nSPS) is 12.4. The van der Waals surface area contributed by atoms with Gasteiger partial charge in [0.2, 0.25) is 0 Å². The molecule has 0 aliphatic rings. The Bertz CT molecular complexity index is 3760. The van der Waals surface area contributed by atoms with E-state index in [4.69, 9.17) is 0 Å². The van der Waals surface area contributed by atoms with Gasteiger partial charge in [0, 0.05) is 67.5 Å². The Hall–Kier alpha value is -6.92. The second kappa shape index (κ2) is 12.0. The number of hydrogen-bond donors (Lipinski definition) is 0. The Morgan fingerprint density at radius 2 is 0.931 bits per heavy atom. The highest BCUT2D eigenvalue weighted by atomic mass is 32.1. The van der Waals surface area contributed by atoms with Crippen LogP contribution in [-0.4, -0.2) is 9.13 Å². The highest BCUT2D eigenvalue weighted by molar-refractivity contribution is 7.26. The first-order valence-corrected chi connectivity index (χ1v) is 20.4. The highest BCUT2D eigenvalue weighted by Crippen LogP contribution is 2.48. The quantitative estimate of drug-likeness (QED) is 0.175. The van der Waals surface area contributed by atoms with Crippen LogP contribution in [0.1, 0.15) is 11.1 Å². The lowest BCUT2D eigenvalue weighted by atomic mass is 9.95. The van der Waals surface area contributed by atoms with Gasteiger partial charge in [-0.05, 0) is 60.2 Å². The Morgan fingerprint density at radius 1 is 0.448 bits per heavy atom. The number of benzene rings is 8. The van der Waals surface area contributed by atoms with Gasteiger partial charge in [0.05, 0.1) is 44.6 Å². The van der Waals surface area contributed by atoms with Gasteiger partial charge in [-0.25, -0.2) is 0 Å². The Morgan fingerprint density at radius 3 is 1.48 bits per heavy atom. The molecule has 0 aliphatic carbocycles. The Labute approximate surface area is 336 Å². The molecule has 0 radical (unpaired) electrons. The van der Waals surface area contributed by atoms with Crippen molar-refractivity contribution in [3.8, 4) is 28.6 Å². The van der Waals surface area contributed by atoms with Crippen LogP contribution in [0.15, 0.2) is 158 Å². The number of nitriles is 1. The first kappa shape index (κ1) is 33.2. The van der Waals surface area contributed by atoms with E-state index in [-0.39, 0.29) is 5.56 Å². The van der Waals surface area contributed by atoms with Crippen molar-refractivity contribution >= 4 is 107 Å². The molecule has 0 unspecified atom stereocenters. The van der Waals surface area contributed by atoms with Gasteiger partial charge < -0.3 is 9.13 Å². The number of alkyl halides is 3. The summed E-state index contributed by atoms with van der Waals surface area (Å²) in [6.07, 6.45) is -4.64. The van der Waals surface area contributed by atoms with Crippen molar-refractivity contribution in [3.05, 3.63) is 169 Å². The van der Waals surface area contributed by atoms with E-state index in [1.165, 1.54) is 6.07 Å². The molecule has 0 saturated carbocycles. The molecule has 0 bridgehead atoms. The third-order valence-electron chi connectivity index (χ3n) is 11.6. The standard InChI is InChI=1S/C50H26F3N3S2/c51-50(52,53)37-16-6-1-11-29(37)36-26-40(55-38-17-7-2-12-30(38)32-21-23-44-46(48(32)55)34-14-4-9-19-42(34)57-44)28(27-54)25-41(36)56-39-18-8-3-13-31(39)33-22-24-45-47(49(33)56)35-15-5-10-20-43(35)58-45/h1-26H. The van der Waals surface area contributed by atoms with Crippen molar-refractivity contribution < 1.29 is 13.2 Å². The number of halogens is 3. The van der Waals surface area contributed by atoms with Crippen LogP contribution in [0.4, 0.5) is 13.2 Å². The van der Waals surface area contributed by atoms with Crippen molar-refractivity contribution in [2.45, 2.75) is 6.18 Å². The summed E-state index contributed by atoms with van der Waals surface area (Å²) in [6, 6.07) is 53.1. The van der Waals surface area contributed by atoms with Gasteiger partial charge in [0.15, 0.2) is 0 Å². The molecule has 12 rings (SSSR count). The number of thiophene rings is 2. The third kappa shape index (κ3) is 4.54. The summed E-state index contributed by atoms with van der Waals surface area (Å²) in [5.74, 6) is 0. The molecular weight excluding hydrogens is 764 g/mol. The molecule has 0 N–H and O–H groups in total. The molecule has 0 atom stereocenters. The molecule has 8 aromatic carbocycles. The molecule has 0 fully saturated rings. The number of hydrogen-bond acceptors (Lipinski definition) is 3. The average Bonchev–Trinajstić information content (AvgIpc) is 4.00. The lowest BCUT2D eigenvalue weighted by Crippen LogP contribution is -2.09. The van der Waals surface area contributed by atoms with Gasteiger partial charge in [-0.3, -0.25) is 0 Å². The summed E-state index contributed by atoms with van der Waals surface area (Å²) in [4.78, 5) is 0. The fourth-order valence-corrected chi connectivity index (χ4v) is 11.5. The van der Waals surface area contributed by atoms with Gasteiger partial charge in [-0.2, -0.15) is 18.4 Å². The van der Waals surface area contributed by atoms with E-state index in [0.717, 1.165) is 90.0 Å². The number of fused-ring (bicyclic) bond motifs is 14. The van der Waals surface area contributed by atoms with E-state index in [2.05, 4.69) is 75.9 Å². The summed E-state index contributed by atoms with van der Waals surface area (Å²) >= 11 is 3.40. The maximum Gasteiger partial charge on any atom is 0.417 e. The lowest BCUT2D eigenvalue weighted by Gasteiger charge is -2.21. The van der Waals surface area contributed by atoms with Crippen molar-refractivity contribution in [2.75, 3.05) is 0 Å². The Balaban J connectivity index is 1.30. The topological polar surface area (TPSA) is 33.6 Å². The van der Waals surface area contributed by atoms with Crippen LogP contribution >= 0.6 is 22.7 Å². The molecule has 58 heavy (non-hydrogen) atoms. The van der Waals surface area contributed by atoms with Crippen molar-refractivity contribution in [1.82, 2.24) is 9.13 Å². The van der Waals surface area contributed by atoms with E-state index in [1.807, 2.05) is 72.8 Å². The van der Waals surface area contributed by atoms with Crippen LogP contribution in [0.25, 0.3) is 106 Å². The largest absolute Gasteiger partial charge is 0.417 e. The van der Waals surface area contributed by atoms with Crippen molar-refractivity contribution in [1.29, 1.82) is 5.26 Å². The van der Waals surface area contributed by atoms with E-state index in [9.17, 15) is 5.26 Å². The van der Waals surface area contributed by atoms with Crippen molar-refractivity contribution in [3.63, 3.8) is 0 Å². The average molecular weight is 790 g/mol. The molecule has 3 nitrogen and oxygen atoms in total. The smallest absolute Gasteiger partial charge is 0.308 e. The molecule has 8 heteroatoms. The van der Waals surface area contributed by atoms with E-state index in [0.29, 0.717) is 22.5 Å². The minimum absolute atomic E-state index is 0.0379. The molecule has 0 amide bonds. The summed E-state index contributed by atoms with van der Waals surface area (Å²) in [5.41, 5.74) is 4.53. The zero-order valence-electron chi connectivity index (χ0n) is 30.3. The minimum Gasteiger partial charge on any atom is -0.308 e. The van der Waals surface area contributed by atoms with Crippen LogP contribution in [0.3, 0.4) is 0 Å². The zero-order valence-corrected chi connectivity index (χ0v) is 31.9. The molecule has 0 saturated heterocycles. The summed E-state index contributed by atoms with van der Waals surface area (Å²) in [7, 11) is 0. The maximum atomic E-state index is 15.2. The monoisotopic (exact) mass is 789 g/mol. The molecular formula is C50H26F3N3S2. The summed E-state index contributed by atoms with van der Waals surface area (Å²) in [6.45, 7) is 0. The van der Waals surface area contributed by atoms with Gasteiger partial charge >= 0.3 is 6.18 Å². The number of nitrogens with zero attached hydrogens (tertiary/aromatic N) is 3. The number of aromatic nitrogens is 2. The van der Waals surface area contributed by atoms with Crippen LogP contribution in [-0.2, 0) is 6.18 Å². The lowest BCUT2D eigenvalue weighted by molar-refractivity contribution is -0.137. The number of para-hydroxylation sites is 2. The van der Waals surface area contributed by atoms with Gasteiger partial charge in [-0.15, -0.1) is 22.7 Å². The van der Waals surface area contributed by atoms with E-state index >= 15 is 13.2 Å². The highest BCUT2D eigenvalue weighted by Gasteiger charge is 2.35. The molecule has 4 aromatic heterocycles. The van der Waals surface area contributed by atoms with Crippen LogP contribution in [0.2, 0.25) is 0 Å². The SMILES string of the molecule is N#Cc1cc(-n2c3ccccc3c3ccc4sc5ccccc5c4c32)c(-c2ccccc2C(F)(F)F)cc1-n1c2ccccc2c2ccc3sc4ccccc4c3c21. The molecule has 12 aromatic rings. The van der Waals surface area contributed by atoms with Crippen molar-refractivity contribution in [2.24, 2.45) is 0 Å².